The molecule has 0 saturated carbocycles. The lowest BCUT2D eigenvalue weighted by molar-refractivity contribution is -0.137. The second-order valence-electron chi connectivity index (χ2n) is 8.87. The predicted molar refractivity (Wildman–Crippen MR) is 137 cm³/mol. The first-order valence-corrected chi connectivity index (χ1v) is 12.4. The molecule has 1 fully saturated rings. The van der Waals surface area contributed by atoms with Crippen LogP contribution in [0.5, 0.6) is 5.75 Å². The zero-order valence-corrected chi connectivity index (χ0v) is 20.9. The Hall–Kier alpha value is -4.53. The molecule has 0 aliphatic carbocycles. The minimum atomic E-state index is -0.959. The fourth-order valence-corrected chi connectivity index (χ4v) is 4.21. The van der Waals surface area contributed by atoms with E-state index in [0.717, 1.165) is 6.07 Å². The Morgan fingerprint density at radius 1 is 1.15 bits per heavy atom. The Morgan fingerprint density at radius 3 is 2.72 bits per heavy atom. The molecule has 3 aromatic heterocycles. The van der Waals surface area contributed by atoms with E-state index >= 15 is 0 Å². The van der Waals surface area contributed by atoms with E-state index in [9.17, 15) is 13.6 Å². The molecule has 0 atom stereocenters. The van der Waals surface area contributed by atoms with E-state index in [1.807, 2.05) is 4.90 Å². The zero-order chi connectivity index (χ0) is 27.4. The largest absolute Gasteiger partial charge is 0.490 e. The number of carboxylic acid groups (broad SMARTS) is 1. The number of aliphatic carboxylic acids is 1. The second-order valence-corrected chi connectivity index (χ2v) is 8.87. The summed E-state index contributed by atoms with van der Waals surface area (Å²) in [5.74, 6) is -0.955. The van der Waals surface area contributed by atoms with Gasteiger partial charge in [0.25, 0.3) is 5.78 Å². The van der Waals surface area contributed by atoms with Gasteiger partial charge >= 0.3 is 5.97 Å². The summed E-state index contributed by atoms with van der Waals surface area (Å²) in [5.41, 5.74) is 6.27. The number of nitrogen functional groups attached to an aromatic ring is 1. The number of benzene rings is 1. The molecule has 4 aromatic rings. The summed E-state index contributed by atoms with van der Waals surface area (Å²) in [6.07, 6.45) is 1.66. The number of ether oxygens (including phenoxy) is 1. The normalized spacial score (nSPS) is 14.2. The maximum Gasteiger partial charge on any atom is 0.303 e. The molecular formula is C24H27F2N9O4. The van der Waals surface area contributed by atoms with Gasteiger partial charge in [-0.2, -0.15) is 19.5 Å². The molecule has 0 radical (unpaired) electrons. The molecule has 0 spiro atoms. The molecule has 206 valence electrons. The van der Waals surface area contributed by atoms with Gasteiger partial charge in [0.05, 0.1) is 18.6 Å². The number of nitrogens with two attached hydrogens (primary N) is 1. The molecule has 1 aliphatic rings. The lowest BCUT2D eigenvalue weighted by atomic mass is 10.2. The Balaban J connectivity index is 1.13. The highest BCUT2D eigenvalue weighted by Crippen LogP contribution is 2.29. The van der Waals surface area contributed by atoms with E-state index in [0.29, 0.717) is 56.8 Å². The van der Waals surface area contributed by atoms with Crippen LogP contribution in [0.4, 0.5) is 26.4 Å². The van der Waals surface area contributed by atoms with Gasteiger partial charge in [-0.25, -0.2) is 8.78 Å². The number of carboxylic acids is 1. The Labute approximate surface area is 221 Å². The second kappa shape index (κ2) is 11.5. The quantitative estimate of drug-likeness (QED) is 0.237. The van der Waals surface area contributed by atoms with Gasteiger partial charge in [-0.3, -0.25) is 9.69 Å². The lowest BCUT2D eigenvalue weighted by Gasteiger charge is -2.36. The number of aromatic nitrogens is 5. The van der Waals surface area contributed by atoms with E-state index < -0.39 is 17.6 Å². The van der Waals surface area contributed by atoms with Crippen LogP contribution in [0.2, 0.25) is 0 Å². The van der Waals surface area contributed by atoms with Crippen molar-refractivity contribution >= 4 is 29.3 Å². The van der Waals surface area contributed by atoms with Gasteiger partial charge in [-0.15, -0.1) is 5.10 Å². The van der Waals surface area contributed by atoms with E-state index in [4.69, 9.17) is 20.0 Å². The van der Waals surface area contributed by atoms with Gasteiger partial charge in [0.2, 0.25) is 17.7 Å². The third kappa shape index (κ3) is 6.14. The summed E-state index contributed by atoms with van der Waals surface area (Å²) in [5, 5.41) is 16.1. The molecule has 1 aliphatic heterocycles. The predicted octanol–water partition coefficient (Wildman–Crippen LogP) is 2.12. The van der Waals surface area contributed by atoms with Gasteiger partial charge < -0.3 is 30.2 Å². The molecule has 13 nitrogen and oxygen atoms in total. The Bertz CT molecular complexity index is 1440. The molecule has 5 rings (SSSR count). The summed E-state index contributed by atoms with van der Waals surface area (Å²) in [7, 11) is 0. The van der Waals surface area contributed by atoms with Crippen molar-refractivity contribution in [2.45, 2.75) is 12.8 Å². The summed E-state index contributed by atoms with van der Waals surface area (Å²) in [4.78, 5) is 27.6. The first-order chi connectivity index (χ1) is 18.9. The number of hydrogen-bond acceptors (Lipinski definition) is 11. The van der Waals surface area contributed by atoms with Crippen molar-refractivity contribution < 1.29 is 27.8 Å². The fraction of sp³-hybridized carbons (Fsp3) is 0.375. The van der Waals surface area contributed by atoms with Crippen molar-refractivity contribution in [3.8, 4) is 17.3 Å². The molecule has 0 bridgehead atoms. The van der Waals surface area contributed by atoms with Crippen LogP contribution in [0.15, 0.2) is 34.9 Å². The molecule has 0 unspecified atom stereocenters. The van der Waals surface area contributed by atoms with Crippen LogP contribution < -0.4 is 20.7 Å². The Morgan fingerprint density at radius 2 is 1.97 bits per heavy atom. The van der Waals surface area contributed by atoms with Crippen LogP contribution in [-0.2, 0) is 4.79 Å². The van der Waals surface area contributed by atoms with Crippen molar-refractivity contribution in [1.29, 1.82) is 0 Å². The van der Waals surface area contributed by atoms with Crippen molar-refractivity contribution in [3.63, 3.8) is 0 Å². The van der Waals surface area contributed by atoms with Crippen LogP contribution in [0.1, 0.15) is 12.8 Å². The molecular weight excluding hydrogens is 516 g/mol. The van der Waals surface area contributed by atoms with E-state index in [2.05, 4.69) is 30.3 Å². The number of nitrogens with zero attached hydrogens (tertiary/aromatic N) is 7. The van der Waals surface area contributed by atoms with Crippen molar-refractivity contribution in [1.82, 2.24) is 29.5 Å². The lowest BCUT2D eigenvalue weighted by Crippen LogP contribution is -2.48. The summed E-state index contributed by atoms with van der Waals surface area (Å²) in [6.45, 7) is 3.62. The Kier molecular flexibility index (Phi) is 7.67. The third-order valence-corrected chi connectivity index (χ3v) is 6.19. The average molecular weight is 544 g/mol. The standard InChI is InChI=1S/C24H27F2N9O4/c25-15-13-16(26)19(39-12-2-4-20(36)37)14-17(15)34-9-7-33(8-10-34)6-5-28-23-30-22(27)35-24(31-23)29-21(32-35)18-3-1-11-38-18/h1,3,11,13-14H,2,4-10,12H2,(H,36,37)(H3,27,28,29,30,31,32). The summed E-state index contributed by atoms with van der Waals surface area (Å²) < 4.78 is 40.7. The van der Waals surface area contributed by atoms with Crippen LogP contribution >= 0.6 is 0 Å². The molecule has 4 N–H and O–H groups in total. The maximum absolute atomic E-state index is 14.5. The van der Waals surface area contributed by atoms with E-state index in [-0.39, 0.29) is 42.6 Å². The summed E-state index contributed by atoms with van der Waals surface area (Å²) >= 11 is 0. The number of halogens is 2. The minimum absolute atomic E-state index is 0.0274. The van der Waals surface area contributed by atoms with E-state index in [1.165, 1.54) is 16.8 Å². The van der Waals surface area contributed by atoms with Gasteiger partial charge in [-0.05, 0) is 18.6 Å². The molecule has 0 amide bonds. The van der Waals surface area contributed by atoms with Gasteiger partial charge in [0.15, 0.2) is 17.3 Å². The molecule has 1 saturated heterocycles. The number of carbonyl (C=O) groups is 1. The molecule has 1 aromatic carbocycles. The molecule has 15 heteroatoms. The number of hydrogen-bond donors (Lipinski definition) is 3. The number of rotatable bonds is 11. The monoisotopic (exact) mass is 543 g/mol. The molecule has 39 heavy (non-hydrogen) atoms. The van der Waals surface area contributed by atoms with Crippen molar-refractivity contribution in [3.05, 3.63) is 42.2 Å². The van der Waals surface area contributed by atoms with Crippen molar-refractivity contribution in [2.24, 2.45) is 0 Å². The SMILES string of the molecule is Nc1nc(NCCN2CCN(c3cc(OCCCC(=O)O)c(F)cc3F)CC2)nc2nc(-c3ccco3)nn12. The zero-order valence-electron chi connectivity index (χ0n) is 20.9. The first-order valence-electron chi connectivity index (χ1n) is 12.4. The van der Waals surface area contributed by atoms with Gasteiger partial charge in [0, 0.05) is 57.8 Å². The highest BCUT2D eigenvalue weighted by atomic mass is 19.1. The highest BCUT2D eigenvalue weighted by Gasteiger charge is 2.22. The van der Waals surface area contributed by atoms with Gasteiger partial charge in [-0.1, -0.05) is 0 Å². The van der Waals surface area contributed by atoms with Gasteiger partial charge in [0.1, 0.15) is 5.82 Å². The number of nitrogens with one attached hydrogen (secondary N) is 1. The van der Waals surface area contributed by atoms with Crippen LogP contribution in [0.25, 0.3) is 17.4 Å². The van der Waals surface area contributed by atoms with Crippen LogP contribution in [0, 0.1) is 11.6 Å². The first kappa shape index (κ1) is 26.1. The number of anilines is 3. The number of piperazine rings is 1. The average Bonchev–Trinajstić information content (AvgIpc) is 3.59. The summed E-state index contributed by atoms with van der Waals surface area (Å²) in [6, 6.07) is 5.60. The topological polar surface area (TPSA) is 160 Å². The van der Waals surface area contributed by atoms with Crippen molar-refractivity contribution in [2.75, 3.05) is 61.8 Å². The fourth-order valence-electron chi connectivity index (χ4n) is 4.21. The molecule has 4 heterocycles. The van der Waals surface area contributed by atoms with Crippen LogP contribution in [0.3, 0.4) is 0 Å². The minimum Gasteiger partial charge on any atom is -0.490 e. The number of furan rings is 1. The highest BCUT2D eigenvalue weighted by molar-refractivity contribution is 5.66. The third-order valence-electron chi connectivity index (χ3n) is 6.19. The van der Waals surface area contributed by atoms with Crippen LogP contribution in [-0.4, -0.2) is 86.4 Å². The smallest absolute Gasteiger partial charge is 0.303 e. The maximum atomic E-state index is 14.5. The van der Waals surface area contributed by atoms with E-state index in [1.54, 1.807) is 12.1 Å². The number of fused-ring (bicyclic) bond motifs is 1.